The van der Waals surface area contributed by atoms with Gasteiger partial charge in [0.15, 0.2) is 5.65 Å². The lowest BCUT2D eigenvalue weighted by molar-refractivity contribution is 0.199. The predicted octanol–water partition coefficient (Wildman–Crippen LogP) is 3.91. The van der Waals surface area contributed by atoms with Crippen molar-refractivity contribution in [1.82, 2.24) is 24.9 Å². The Morgan fingerprint density at radius 3 is 2.86 bits per heavy atom. The highest BCUT2D eigenvalue weighted by molar-refractivity contribution is 5.92. The molecule has 6 nitrogen and oxygen atoms in total. The monoisotopic (exact) mass is 375 g/mol. The van der Waals surface area contributed by atoms with E-state index in [1.165, 1.54) is 10.9 Å². The van der Waals surface area contributed by atoms with Gasteiger partial charge in [0.25, 0.3) is 0 Å². The molecule has 28 heavy (non-hydrogen) atoms. The number of pyridine rings is 1. The summed E-state index contributed by atoms with van der Waals surface area (Å²) in [7, 11) is 0. The molecule has 1 saturated heterocycles. The minimum absolute atomic E-state index is 0.376. The third-order valence-corrected chi connectivity index (χ3v) is 5.59. The molecule has 0 bridgehead atoms. The van der Waals surface area contributed by atoms with E-state index >= 15 is 0 Å². The summed E-state index contributed by atoms with van der Waals surface area (Å²) in [6.45, 7) is 9.43. The van der Waals surface area contributed by atoms with Crippen molar-refractivity contribution >= 4 is 16.6 Å². The number of fused-ring (bicyclic) bond motifs is 2. The van der Waals surface area contributed by atoms with Gasteiger partial charge in [-0.15, -0.1) is 0 Å². The summed E-state index contributed by atoms with van der Waals surface area (Å²) in [5, 5.41) is 8.85. The number of aryl methyl sites for hydroxylation is 1. The lowest BCUT2D eigenvalue weighted by Crippen LogP contribution is -2.45. The molecular weight excluding hydrogens is 350 g/mol. The second-order valence-corrected chi connectivity index (χ2v) is 8.05. The van der Waals surface area contributed by atoms with Gasteiger partial charge in [-0.2, -0.15) is 5.10 Å². The molecule has 4 aromatic rings. The lowest BCUT2D eigenvalue weighted by Gasteiger charge is -2.26. The van der Waals surface area contributed by atoms with Gasteiger partial charge >= 0.3 is 0 Å². The Morgan fingerprint density at radius 1 is 1.25 bits per heavy atom. The smallest absolute Gasteiger partial charge is 0.158 e. The highest BCUT2D eigenvalue weighted by Crippen LogP contribution is 2.37. The Bertz CT molecular complexity index is 1150. The normalized spacial score (nSPS) is 14.9. The maximum absolute atomic E-state index is 6.06. The van der Waals surface area contributed by atoms with Crippen LogP contribution in [0.5, 0.6) is 5.75 Å². The molecule has 5 rings (SSSR count). The Hall–Kier alpha value is -2.86. The SMILES string of the molecule is Cc1cc(-c2[nH]c3ccc(OCC4CNC4)cc3c2C(C)C)cn2ncnc12. The molecule has 3 aromatic heterocycles. The van der Waals surface area contributed by atoms with E-state index in [4.69, 9.17) is 4.74 Å². The topological polar surface area (TPSA) is 67.2 Å². The van der Waals surface area contributed by atoms with Crippen LogP contribution in [0.4, 0.5) is 0 Å². The van der Waals surface area contributed by atoms with Gasteiger partial charge in [-0.3, -0.25) is 0 Å². The number of ether oxygens (including phenoxy) is 1. The lowest BCUT2D eigenvalue weighted by atomic mass is 9.96. The molecule has 6 heteroatoms. The summed E-state index contributed by atoms with van der Waals surface area (Å²) in [6.07, 6.45) is 3.65. The third-order valence-electron chi connectivity index (χ3n) is 5.59. The maximum atomic E-state index is 6.06. The fraction of sp³-hybridized carbons (Fsp3) is 0.364. The number of nitrogens with zero attached hydrogens (tertiary/aromatic N) is 3. The molecule has 0 atom stereocenters. The van der Waals surface area contributed by atoms with Gasteiger partial charge in [-0.25, -0.2) is 9.50 Å². The second-order valence-electron chi connectivity index (χ2n) is 8.05. The molecule has 2 N–H and O–H groups in total. The Balaban J connectivity index is 1.60. The quantitative estimate of drug-likeness (QED) is 0.555. The Kier molecular flexibility index (Phi) is 4.09. The van der Waals surface area contributed by atoms with Crippen molar-refractivity contribution in [3.8, 4) is 17.0 Å². The number of rotatable bonds is 5. The van der Waals surface area contributed by atoms with E-state index in [0.29, 0.717) is 11.8 Å². The van der Waals surface area contributed by atoms with E-state index in [-0.39, 0.29) is 0 Å². The number of aromatic amines is 1. The largest absolute Gasteiger partial charge is 0.493 e. The number of H-pyrrole nitrogens is 1. The van der Waals surface area contributed by atoms with Crippen LogP contribution in [0.3, 0.4) is 0 Å². The van der Waals surface area contributed by atoms with Gasteiger partial charge in [-0.1, -0.05) is 13.8 Å². The molecule has 0 saturated carbocycles. The van der Waals surface area contributed by atoms with Gasteiger partial charge in [0.05, 0.1) is 12.3 Å². The van der Waals surface area contributed by atoms with Crippen LogP contribution >= 0.6 is 0 Å². The van der Waals surface area contributed by atoms with Crippen molar-refractivity contribution in [1.29, 1.82) is 0 Å². The first-order valence-corrected chi connectivity index (χ1v) is 9.89. The maximum Gasteiger partial charge on any atom is 0.158 e. The first-order valence-electron chi connectivity index (χ1n) is 9.89. The fourth-order valence-corrected chi connectivity index (χ4v) is 4.02. The Labute approximate surface area is 163 Å². The molecule has 1 aliphatic heterocycles. The van der Waals surface area contributed by atoms with Gasteiger partial charge in [0.2, 0.25) is 0 Å². The number of hydrogen-bond donors (Lipinski definition) is 2. The van der Waals surface area contributed by atoms with E-state index in [2.05, 4.69) is 65.4 Å². The number of benzene rings is 1. The standard InChI is InChI=1S/C22H25N5O/c1-13(2)20-18-7-17(28-11-15-8-23-9-15)4-5-19(18)26-21(20)16-6-14(3)22-24-12-25-27(22)10-16/h4-7,10,12-13,15,23,26H,8-9,11H2,1-3H3. The van der Waals surface area contributed by atoms with Crippen molar-refractivity contribution in [2.75, 3.05) is 19.7 Å². The average molecular weight is 375 g/mol. The van der Waals surface area contributed by atoms with Crippen molar-refractivity contribution in [2.45, 2.75) is 26.7 Å². The average Bonchev–Trinajstić information content (AvgIpc) is 3.24. The minimum atomic E-state index is 0.376. The zero-order chi connectivity index (χ0) is 19.3. The van der Waals surface area contributed by atoms with Crippen molar-refractivity contribution in [3.05, 3.63) is 47.9 Å². The van der Waals surface area contributed by atoms with Crippen LogP contribution in [-0.2, 0) is 0 Å². The van der Waals surface area contributed by atoms with Gasteiger partial charge in [0.1, 0.15) is 12.1 Å². The molecule has 0 radical (unpaired) electrons. The molecule has 0 amide bonds. The van der Waals surface area contributed by atoms with Crippen molar-refractivity contribution in [2.24, 2.45) is 5.92 Å². The molecule has 1 aromatic carbocycles. The molecule has 144 valence electrons. The van der Waals surface area contributed by atoms with E-state index in [1.54, 1.807) is 6.33 Å². The highest BCUT2D eigenvalue weighted by Gasteiger charge is 2.20. The van der Waals surface area contributed by atoms with Crippen LogP contribution in [0.25, 0.3) is 27.8 Å². The number of nitrogens with one attached hydrogen (secondary N) is 2. The van der Waals surface area contributed by atoms with Crippen LogP contribution in [0.1, 0.15) is 30.9 Å². The van der Waals surface area contributed by atoms with Gasteiger partial charge in [0, 0.05) is 41.7 Å². The summed E-state index contributed by atoms with van der Waals surface area (Å²) in [5.74, 6) is 1.94. The first-order chi connectivity index (χ1) is 13.6. The number of aromatic nitrogens is 4. The summed E-state index contributed by atoms with van der Waals surface area (Å²) in [5.41, 5.74) is 6.72. The van der Waals surface area contributed by atoms with Crippen LogP contribution < -0.4 is 10.1 Å². The molecule has 4 heterocycles. The molecule has 1 fully saturated rings. The second kappa shape index (κ2) is 6.63. The van der Waals surface area contributed by atoms with E-state index in [0.717, 1.165) is 53.4 Å². The van der Waals surface area contributed by atoms with Gasteiger partial charge in [-0.05, 0) is 48.2 Å². The molecule has 0 unspecified atom stereocenters. The summed E-state index contributed by atoms with van der Waals surface area (Å²) in [6, 6.07) is 8.55. The predicted molar refractivity (Wildman–Crippen MR) is 111 cm³/mol. The molecular formula is C22H25N5O. The number of hydrogen-bond acceptors (Lipinski definition) is 4. The molecule has 1 aliphatic rings. The summed E-state index contributed by atoms with van der Waals surface area (Å²) >= 11 is 0. The van der Waals surface area contributed by atoms with Crippen molar-refractivity contribution < 1.29 is 4.74 Å². The zero-order valence-electron chi connectivity index (χ0n) is 16.5. The van der Waals surface area contributed by atoms with Crippen LogP contribution in [-0.4, -0.2) is 39.3 Å². The van der Waals surface area contributed by atoms with Crippen molar-refractivity contribution in [3.63, 3.8) is 0 Å². The van der Waals surface area contributed by atoms with E-state index in [9.17, 15) is 0 Å². The Morgan fingerprint density at radius 2 is 2.11 bits per heavy atom. The molecule has 0 aliphatic carbocycles. The zero-order valence-corrected chi connectivity index (χ0v) is 16.5. The van der Waals surface area contributed by atoms with E-state index in [1.807, 2.05) is 10.7 Å². The van der Waals surface area contributed by atoms with E-state index < -0.39 is 0 Å². The van der Waals surface area contributed by atoms with Gasteiger partial charge < -0.3 is 15.0 Å². The minimum Gasteiger partial charge on any atom is -0.493 e. The first kappa shape index (κ1) is 17.3. The fourth-order valence-electron chi connectivity index (χ4n) is 4.02. The molecule has 0 spiro atoms. The summed E-state index contributed by atoms with van der Waals surface area (Å²) in [4.78, 5) is 7.97. The summed E-state index contributed by atoms with van der Waals surface area (Å²) < 4.78 is 7.91. The highest BCUT2D eigenvalue weighted by atomic mass is 16.5. The van der Waals surface area contributed by atoms with Crippen LogP contribution in [0.15, 0.2) is 36.8 Å². The van der Waals surface area contributed by atoms with Crippen LogP contribution in [0.2, 0.25) is 0 Å². The van der Waals surface area contributed by atoms with Crippen LogP contribution in [0, 0.1) is 12.8 Å². The third kappa shape index (κ3) is 2.85.